The van der Waals surface area contributed by atoms with Crippen LogP contribution in [-0.2, 0) is 6.42 Å². The highest BCUT2D eigenvalue weighted by molar-refractivity contribution is 5.95. The normalized spacial score (nSPS) is 12.2. The van der Waals surface area contributed by atoms with Crippen LogP contribution >= 0.6 is 0 Å². The average molecular weight is 279 g/mol. The Kier molecular flexibility index (Phi) is 4.17. The van der Waals surface area contributed by atoms with Gasteiger partial charge < -0.3 is 9.73 Å². The molecule has 3 nitrogen and oxygen atoms in total. The van der Waals surface area contributed by atoms with E-state index in [0.29, 0.717) is 11.3 Å². The van der Waals surface area contributed by atoms with Crippen molar-refractivity contribution < 1.29 is 18.0 Å². The Morgan fingerprint density at radius 1 is 1.30 bits per heavy atom. The van der Waals surface area contributed by atoms with Crippen LogP contribution in [0.3, 0.4) is 0 Å². The van der Waals surface area contributed by atoms with Crippen LogP contribution in [0.15, 0.2) is 34.9 Å². The molecular weight excluding hydrogens is 264 g/mol. The molecular formula is C15H15F2NO2. The SMILES string of the molecule is Cc1occc1C(=O)N[C@H](C)Cc1c(F)cccc1F. The molecule has 0 fully saturated rings. The quantitative estimate of drug-likeness (QED) is 0.933. The van der Waals surface area contributed by atoms with Crippen molar-refractivity contribution in [3.8, 4) is 0 Å². The molecule has 0 bridgehead atoms. The predicted molar refractivity (Wildman–Crippen MR) is 70.4 cm³/mol. The van der Waals surface area contributed by atoms with E-state index in [0.717, 1.165) is 0 Å². The zero-order valence-electron chi connectivity index (χ0n) is 11.2. The monoisotopic (exact) mass is 279 g/mol. The van der Waals surface area contributed by atoms with Crippen molar-refractivity contribution >= 4 is 5.91 Å². The molecule has 0 saturated heterocycles. The fourth-order valence-electron chi connectivity index (χ4n) is 2.01. The number of halogens is 2. The second-order valence-corrected chi connectivity index (χ2v) is 4.67. The van der Waals surface area contributed by atoms with Crippen LogP contribution in [0.5, 0.6) is 0 Å². The first-order valence-corrected chi connectivity index (χ1v) is 6.27. The van der Waals surface area contributed by atoms with E-state index < -0.39 is 17.7 Å². The molecule has 106 valence electrons. The first-order valence-electron chi connectivity index (χ1n) is 6.27. The van der Waals surface area contributed by atoms with E-state index in [1.807, 2.05) is 0 Å². The van der Waals surface area contributed by atoms with Gasteiger partial charge in [-0.15, -0.1) is 0 Å². The van der Waals surface area contributed by atoms with Gasteiger partial charge in [-0.25, -0.2) is 8.78 Å². The number of hydrogen-bond donors (Lipinski definition) is 1. The van der Waals surface area contributed by atoms with Crippen LogP contribution in [0.2, 0.25) is 0 Å². The zero-order valence-corrected chi connectivity index (χ0v) is 11.2. The van der Waals surface area contributed by atoms with Crippen molar-refractivity contribution in [3.05, 3.63) is 59.1 Å². The lowest BCUT2D eigenvalue weighted by atomic mass is 10.1. The van der Waals surface area contributed by atoms with Crippen molar-refractivity contribution in [2.75, 3.05) is 0 Å². The van der Waals surface area contributed by atoms with Crippen molar-refractivity contribution in [3.63, 3.8) is 0 Å². The van der Waals surface area contributed by atoms with E-state index in [1.165, 1.54) is 24.5 Å². The molecule has 0 aliphatic carbocycles. The Morgan fingerprint density at radius 2 is 1.95 bits per heavy atom. The zero-order chi connectivity index (χ0) is 14.7. The minimum absolute atomic E-state index is 0.0239. The highest BCUT2D eigenvalue weighted by Crippen LogP contribution is 2.15. The van der Waals surface area contributed by atoms with Gasteiger partial charge in [-0.2, -0.15) is 0 Å². The molecule has 1 N–H and O–H groups in total. The fraction of sp³-hybridized carbons (Fsp3) is 0.267. The smallest absolute Gasteiger partial charge is 0.255 e. The van der Waals surface area contributed by atoms with E-state index in [9.17, 15) is 13.6 Å². The molecule has 5 heteroatoms. The van der Waals surface area contributed by atoms with Gasteiger partial charge in [-0.3, -0.25) is 4.79 Å². The second-order valence-electron chi connectivity index (χ2n) is 4.67. The van der Waals surface area contributed by atoms with Gasteiger partial charge in [0.25, 0.3) is 5.91 Å². The Hall–Kier alpha value is -2.17. The first-order chi connectivity index (χ1) is 9.49. The van der Waals surface area contributed by atoms with Gasteiger partial charge in [0.2, 0.25) is 0 Å². The molecule has 1 aromatic carbocycles. The first kappa shape index (κ1) is 14.2. The number of amides is 1. The van der Waals surface area contributed by atoms with E-state index in [4.69, 9.17) is 4.42 Å². The molecule has 1 amide bonds. The van der Waals surface area contributed by atoms with Gasteiger partial charge in [-0.05, 0) is 38.5 Å². The molecule has 1 heterocycles. The van der Waals surface area contributed by atoms with Gasteiger partial charge >= 0.3 is 0 Å². The summed E-state index contributed by atoms with van der Waals surface area (Å²) >= 11 is 0. The third-order valence-corrected chi connectivity index (χ3v) is 3.05. The largest absolute Gasteiger partial charge is 0.469 e. The summed E-state index contributed by atoms with van der Waals surface area (Å²) in [7, 11) is 0. The van der Waals surface area contributed by atoms with Crippen LogP contribution in [-0.4, -0.2) is 11.9 Å². The Bertz CT molecular complexity index is 602. The second kappa shape index (κ2) is 5.86. The van der Waals surface area contributed by atoms with Crippen molar-refractivity contribution in [2.24, 2.45) is 0 Å². The molecule has 1 atom stereocenters. The fourth-order valence-corrected chi connectivity index (χ4v) is 2.01. The summed E-state index contributed by atoms with van der Waals surface area (Å²) in [6.45, 7) is 3.37. The molecule has 0 aliphatic heterocycles. The summed E-state index contributed by atoms with van der Waals surface area (Å²) in [5, 5.41) is 2.69. The minimum Gasteiger partial charge on any atom is -0.469 e. The van der Waals surface area contributed by atoms with Crippen molar-refractivity contribution in [1.82, 2.24) is 5.32 Å². The molecule has 0 spiro atoms. The number of carbonyl (C=O) groups is 1. The number of aryl methyl sites for hydroxylation is 1. The maximum absolute atomic E-state index is 13.5. The number of furan rings is 1. The molecule has 20 heavy (non-hydrogen) atoms. The van der Waals surface area contributed by atoms with Gasteiger partial charge in [0, 0.05) is 11.6 Å². The molecule has 0 aliphatic rings. The molecule has 0 unspecified atom stereocenters. The summed E-state index contributed by atoms with van der Waals surface area (Å²) in [5.74, 6) is -1.02. The van der Waals surface area contributed by atoms with E-state index in [1.54, 1.807) is 19.9 Å². The van der Waals surface area contributed by atoms with Gasteiger partial charge in [0.1, 0.15) is 17.4 Å². The predicted octanol–water partition coefficient (Wildman–Crippen LogP) is 3.23. The standard InChI is InChI=1S/C15H15F2NO2/c1-9(8-12-13(16)4-3-5-14(12)17)18-15(19)11-6-7-20-10(11)2/h3-7,9H,8H2,1-2H3,(H,18,19)/t9-/m1/s1. The highest BCUT2D eigenvalue weighted by Gasteiger charge is 2.17. The number of hydrogen-bond acceptors (Lipinski definition) is 2. The lowest BCUT2D eigenvalue weighted by molar-refractivity contribution is 0.0938. The maximum Gasteiger partial charge on any atom is 0.255 e. The lowest BCUT2D eigenvalue weighted by Gasteiger charge is -2.14. The van der Waals surface area contributed by atoms with E-state index in [2.05, 4.69) is 5.32 Å². The maximum atomic E-state index is 13.5. The van der Waals surface area contributed by atoms with Crippen molar-refractivity contribution in [1.29, 1.82) is 0 Å². The molecule has 1 aromatic heterocycles. The van der Waals surface area contributed by atoms with Crippen molar-refractivity contribution in [2.45, 2.75) is 26.3 Å². The van der Waals surface area contributed by atoms with Gasteiger partial charge in [0.15, 0.2) is 0 Å². The number of benzene rings is 1. The van der Waals surface area contributed by atoms with Crippen LogP contribution in [0.1, 0.15) is 28.6 Å². The van der Waals surface area contributed by atoms with E-state index in [-0.39, 0.29) is 17.9 Å². The summed E-state index contributed by atoms with van der Waals surface area (Å²) < 4.78 is 32.1. The number of carbonyl (C=O) groups excluding carboxylic acids is 1. The number of rotatable bonds is 4. The summed E-state index contributed by atoms with van der Waals surface area (Å²) in [4.78, 5) is 11.9. The summed E-state index contributed by atoms with van der Waals surface area (Å²) in [6, 6.07) is 4.87. The Balaban J connectivity index is 2.05. The average Bonchev–Trinajstić information content (AvgIpc) is 2.80. The Labute approximate surface area is 115 Å². The highest BCUT2D eigenvalue weighted by atomic mass is 19.1. The lowest BCUT2D eigenvalue weighted by Crippen LogP contribution is -2.34. The van der Waals surface area contributed by atoms with Crippen LogP contribution < -0.4 is 5.32 Å². The van der Waals surface area contributed by atoms with Gasteiger partial charge in [0.05, 0.1) is 11.8 Å². The summed E-state index contributed by atoms with van der Waals surface area (Å²) in [6.07, 6.45) is 1.51. The summed E-state index contributed by atoms with van der Waals surface area (Å²) in [5.41, 5.74) is 0.398. The van der Waals surface area contributed by atoms with Crippen LogP contribution in [0.4, 0.5) is 8.78 Å². The third-order valence-electron chi connectivity index (χ3n) is 3.05. The van der Waals surface area contributed by atoms with Crippen LogP contribution in [0.25, 0.3) is 0 Å². The van der Waals surface area contributed by atoms with Gasteiger partial charge in [-0.1, -0.05) is 6.07 Å². The molecule has 2 rings (SSSR count). The third kappa shape index (κ3) is 3.04. The molecule has 2 aromatic rings. The van der Waals surface area contributed by atoms with Crippen LogP contribution in [0, 0.1) is 18.6 Å². The Morgan fingerprint density at radius 3 is 2.50 bits per heavy atom. The van der Waals surface area contributed by atoms with E-state index >= 15 is 0 Å². The number of nitrogens with one attached hydrogen (secondary N) is 1. The molecule has 0 radical (unpaired) electrons. The topological polar surface area (TPSA) is 42.2 Å². The molecule has 0 saturated carbocycles. The minimum atomic E-state index is -0.606.